The minimum atomic E-state index is -0.0988. The lowest BCUT2D eigenvalue weighted by atomic mass is 10.2. The zero-order valence-electron chi connectivity index (χ0n) is 8.36. The summed E-state index contributed by atoms with van der Waals surface area (Å²) in [4.78, 5) is 13.3. The summed E-state index contributed by atoms with van der Waals surface area (Å²) >= 11 is 0. The van der Waals surface area contributed by atoms with Crippen LogP contribution < -0.4 is 4.74 Å². The number of rotatable bonds is 4. The van der Waals surface area contributed by atoms with Crippen LogP contribution >= 0.6 is 0 Å². The Morgan fingerprint density at radius 2 is 2.36 bits per heavy atom. The summed E-state index contributed by atoms with van der Waals surface area (Å²) < 4.78 is 5.52. The molecule has 3 heteroatoms. The summed E-state index contributed by atoms with van der Waals surface area (Å²) in [6, 6.07) is 7.76. The zero-order valence-corrected chi connectivity index (χ0v) is 8.36. The number of nitrogens with zero attached hydrogens (tertiary/aromatic N) is 1. The van der Waals surface area contributed by atoms with E-state index < -0.39 is 0 Å². The van der Waals surface area contributed by atoms with Crippen LogP contribution in [-0.2, 0) is 4.79 Å². The smallest absolute Gasteiger partial charge is 0.235 e. The largest absolute Gasteiger partial charge is 0.489 e. The molecule has 1 atom stereocenters. The van der Waals surface area contributed by atoms with Crippen LogP contribution in [-0.4, -0.2) is 18.7 Å². The van der Waals surface area contributed by atoms with Gasteiger partial charge in [0.2, 0.25) is 6.08 Å². The van der Waals surface area contributed by atoms with Crippen molar-refractivity contribution >= 4 is 6.08 Å². The number of hydrogen-bond acceptors (Lipinski definition) is 3. The van der Waals surface area contributed by atoms with E-state index in [-0.39, 0.29) is 6.10 Å². The average Bonchev–Trinajstić information content (AvgIpc) is 2.15. The lowest BCUT2D eigenvalue weighted by Gasteiger charge is -2.11. The first-order valence-corrected chi connectivity index (χ1v) is 4.49. The molecule has 1 aromatic carbocycles. The Hall–Kier alpha value is -1.60. The summed E-state index contributed by atoms with van der Waals surface area (Å²) in [6.45, 7) is 4.21. The Bertz CT molecular complexity index is 343. The lowest BCUT2D eigenvalue weighted by molar-refractivity contribution is 0.230. The number of ether oxygens (including phenoxy) is 1. The van der Waals surface area contributed by atoms with Crippen LogP contribution in [0.5, 0.6) is 5.75 Å². The molecule has 3 nitrogen and oxygen atoms in total. The normalized spacial score (nSPS) is 11.6. The van der Waals surface area contributed by atoms with E-state index in [1.54, 1.807) is 0 Å². The molecule has 0 aliphatic heterocycles. The number of benzene rings is 1. The van der Waals surface area contributed by atoms with Gasteiger partial charge in [0.1, 0.15) is 11.9 Å². The van der Waals surface area contributed by atoms with Crippen LogP contribution in [0.2, 0.25) is 0 Å². The van der Waals surface area contributed by atoms with Crippen LogP contribution in [0.1, 0.15) is 12.5 Å². The Morgan fingerprint density at radius 3 is 3.00 bits per heavy atom. The molecule has 0 heterocycles. The monoisotopic (exact) mass is 191 g/mol. The molecule has 0 saturated carbocycles. The van der Waals surface area contributed by atoms with Crippen molar-refractivity contribution in [2.45, 2.75) is 20.0 Å². The van der Waals surface area contributed by atoms with Crippen molar-refractivity contribution in [1.82, 2.24) is 0 Å². The third-order valence-electron chi connectivity index (χ3n) is 1.74. The van der Waals surface area contributed by atoms with E-state index in [4.69, 9.17) is 4.74 Å². The third-order valence-corrected chi connectivity index (χ3v) is 1.74. The summed E-state index contributed by atoms with van der Waals surface area (Å²) in [5.41, 5.74) is 1.15. The molecule has 0 amide bonds. The number of carbonyl (C=O) groups excluding carboxylic acids is 1. The van der Waals surface area contributed by atoms with Crippen LogP contribution in [0.15, 0.2) is 29.3 Å². The molecule has 1 unspecified atom stereocenters. The molecule has 0 saturated heterocycles. The maximum Gasteiger partial charge on any atom is 0.235 e. The summed E-state index contributed by atoms with van der Waals surface area (Å²) in [7, 11) is 0. The maximum atomic E-state index is 9.87. The Kier molecular flexibility index (Phi) is 3.89. The summed E-state index contributed by atoms with van der Waals surface area (Å²) in [6.07, 6.45) is 1.39. The standard InChI is InChI=1S/C11H13NO2/c1-9-4-3-5-11(6-9)14-10(2)7-12-8-13/h3-6,10H,7H2,1-2H3. The predicted molar refractivity (Wildman–Crippen MR) is 54.3 cm³/mol. The number of hydrogen-bond donors (Lipinski definition) is 0. The fourth-order valence-corrected chi connectivity index (χ4v) is 1.12. The van der Waals surface area contributed by atoms with E-state index in [0.717, 1.165) is 11.3 Å². The Morgan fingerprint density at radius 1 is 1.57 bits per heavy atom. The van der Waals surface area contributed by atoms with Crippen molar-refractivity contribution in [2.75, 3.05) is 6.54 Å². The minimum absolute atomic E-state index is 0.0988. The van der Waals surface area contributed by atoms with Gasteiger partial charge in [0.25, 0.3) is 0 Å². The quantitative estimate of drug-likeness (QED) is 0.540. The molecular weight excluding hydrogens is 178 g/mol. The van der Waals surface area contributed by atoms with Gasteiger partial charge in [0.15, 0.2) is 0 Å². The minimum Gasteiger partial charge on any atom is -0.489 e. The van der Waals surface area contributed by atoms with Gasteiger partial charge in [-0.05, 0) is 31.5 Å². The van der Waals surface area contributed by atoms with Gasteiger partial charge in [-0.3, -0.25) is 0 Å². The highest BCUT2D eigenvalue weighted by Crippen LogP contribution is 2.13. The molecule has 14 heavy (non-hydrogen) atoms. The van der Waals surface area contributed by atoms with Crippen LogP contribution in [0.4, 0.5) is 0 Å². The fraction of sp³-hybridized carbons (Fsp3) is 0.364. The molecule has 0 radical (unpaired) electrons. The van der Waals surface area contributed by atoms with E-state index >= 15 is 0 Å². The number of isocyanates is 1. The molecule has 1 rings (SSSR count). The second-order valence-electron chi connectivity index (χ2n) is 3.18. The molecule has 0 aromatic heterocycles. The number of aliphatic imine (C=N–C) groups is 1. The van der Waals surface area contributed by atoms with E-state index in [9.17, 15) is 4.79 Å². The topological polar surface area (TPSA) is 38.7 Å². The average molecular weight is 191 g/mol. The first kappa shape index (κ1) is 10.5. The van der Waals surface area contributed by atoms with Crippen molar-refractivity contribution in [3.63, 3.8) is 0 Å². The molecule has 0 fully saturated rings. The third kappa shape index (κ3) is 3.42. The van der Waals surface area contributed by atoms with E-state index in [2.05, 4.69) is 4.99 Å². The fourth-order valence-electron chi connectivity index (χ4n) is 1.12. The summed E-state index contributed by atoms with van der Waals surface area (Å²) in [5, 5.41) is 0. The lowest BCUT2D eigenvalue weighted by Crippen LogP contribution is -2.15. The van der Waals surface area contributed by atoms with Gasteiger partial charge in [-0.2, -0.15) is 0 Å². The van der Waals surface area contributed by atoms with Gasteiger partial charge in [-0.15, -0.1) is 0 Å². The van der Waals surface area contributed by atoms with Crippen LogP contribution in [0.3, 0.4) is 0 Å². The van der Waals surface area contributed by atoms with Crippen molar-refractivity contribution < 1.29 is 9.53 Å². The molecular formula is C11H13NO2. The first-order valence-electron chi connectivity index (χ1n) is 4.49. The Labute approximate surface area is 83.4 Å². The summed E-state index contributed by atoms with van der Waals surface area (Å²) in [5.74, 6) is 0.804. The molecule has 0 N–H and O–H groups in total. The molecule has 0 aliphatic rings. The highest BCUT2D eigenvalue weighted by molar-refractivity contribution is 5.33. The molecule has 0 spiro atoms. The first-order chi connectivity index (χ1) is 6.72. The van der Waals surface area contributed by atoms with Crippen LogP contribution in [0, 0.1) is 6.92 Å². The van der Waals surface area contributed by atoms with Gasteiger partial charge in [0.05, 0.1) is 6.54 Å². The number of aryl methyl sites for hydroxylation is 1. The highest BCUT2D eigenvalue weighted by Gasteiger charge is 2.02. The van der Waals surface area contributed by atoms with Crippen LogP contribution in [0.25, 0.3) is 0 Å². The second kappa shape index (κ2) is 5.20. The van der Waals surface area contributed by atoms with Gasteiger partial charge in [-0.1, -0.05) is 12.1 Å². The van der Waals surface area contributed by atoms with Gasteiger partial charge < -0.3 is 4.74 Å². The van der Waals surface area contributed by atoms with Gasteiger partial charge in [0, 0.05) is 0 Å². The van der Waals surface area contributed by atoms with E-state index in [0.29, 0.717) is 6.54 Å². The molecule has 0 aliphatic carbocycles. The van der Waals surface area contributed by atoms with Crippen molar-refractivity contribution in [2.24, 2.45) is 4.99 Å². The van der Waals surface area contributed by atoms with Gasteiger partial charge >= 0.3 is 0 Å². The zero-order chi connectivity index (χ0) is 10.4. The van der Waals surface area contributed by atoms with Crippen molar-refractivity contribution in [3.05, 3.63) is 29.8 Å². The maximum absolute atomic E-state index is 9.87. The SMILES string of the molecule is Cc1cccc(OC(C)CN=C=O)c1. The second-order valence-corrected chi connectivity index (χ2v) is 3.18. The van der Waals surface area contributed by atoms with E-state index in [1.165, 1.54) is 6.08 Å². The van der Waals surface area contributed by atoms with Crippen molar-refractivity contribution in [1.29, 1.82) is 0 Å². The van der Waals surface area contributed by atoms with Crippen molar-refractivity contribution in [3.8, 4) is 5.75 Å². The highest BCUT2D eigenvalue weighted by atomic mass is 16.5. The Balaban J connectivity index is 2.55. The molecule has 0 bridgehead atoms. The molecule has 1 aromatic rings. The van der Waals surface area contributed by atoms with Gasteiger partial charge in [-0.25, -0.2) is 9.79 Å². The van der Waals surface area contributed by atoms with E-state index in [1.807, 2.05) is 38.1 Å². The molecule has 74 valence electrons. The predicted octanol–water partition coefficient (Wildman–Crippen LogP) is 2.10.